The molecule has 1 N–H and O–H groups in total. The van der Waals surface area contributed by atoms with Crippen molar-refractivity contribution in [2.24, 2.45) is 0 Å². The van der Waals surface area contributed by atoms with Crippen LogP contribution in [-0.4, -0.2) is 20.9 Å². The number of amides is 1. The Labute approximate surface area is 179 Å². The molecule has 29 heavy (non-hydrogen) atoms. The van der Waals surface area contributed by atoms with E-state index in [2.05, 4.69) is 10.4 Å². The van der Waals surface area contributed by atoms with Gasteiger partial charge in [0.25, 0.3) is 5.56 Å². The second-order valence-corrected chi connectivity index (χ2v) is 8.62. The number of carbonyl (C=O) groups excluding carboxylic acids is 1. The molecule has 1 heterocycles. The third kappa shape index (κ3) is 4.89. The zero-order valence-corrected chi connectivity index (χ0v) is 18.3. The SMILES string of the molecule is Cc1ccc(-n2nc(S[C@@H](C)C(=O)Nc3cccc(C)c3C)ccc2=O)cc1Cl. The number of benzene rings is 2. The lowest BCUT2D eigenvalue weighted by atomic mass is 10.1. The van der Waals surface area contributed by atoms with Crippen molar-refractivity contribution in [3.05, 3.63) is 80.6 Å². The van der Waals surface area contributed by atoms with Crippen LogP contribution in [0.5, 0.6) is 0 Å². The minimum atomic E-state index is -0.394. The molecule has 2 aromatic carbocycles. The highest BCUT2D eigenvalue weighted by Gasteiger charge is 2.17. The third-order valence-corrected chi connectivity index (χ3v) is 6.14. The van der Waals surface area contributed by atoms with Crippen LogP contribution in [0.3, 0.4) is 0 Å². The Morgan fingerprint density at radius 1 is 1.10 bits per heavy atom. The number of anilines is 1. The van der Waals surface area contributed by atoms with E-state index < -0.39 is 5.25 Å². The number of thioether (sulfide) groups is 1. The smallest absolute Gasteiger partial charge is 0.271 e. The van der Waals surface area contributed by atoms with E-state index in [1.54, 1.807) is 18.2 Å². The number of hydrogen-bond donors (Lipinski definition) is 1. The number of carbonyl (C=O) groups is 1. The molecule has 1 aromatic heterocycles. The molecule has 0 spiro atoms. The third-order valence-electron chi connectivity index (χ3n) is 4.71. The van der Waals surface area contributed by atoms with Crippen molar-refractivity contribution >= 4 is 35.0 Å². The fourth-order valence-electron chi connectivity index (χ4n) is 2.71. The van der Waals surface area contributed by atoms with Crippen molar-refractivity contribution in [1.29, 1.82) is 0 Å². The Balaban J connectivity index is 1.79. The average Bonchev–Trinajstić information content (AvgIpc) is 2.69. The summed E-state index contributed by atoms with van der Waals surface area (Å²) in [5.74, 6) is -0.123. The van der Waals surface area contributed by atoms with Crippen molar-refractivity contribution < 1.29 is 4.79 Å². The Kier molecular flexibility index (Phi) is 6.45. The summed E-state index contributed by atoms with van der Waals surface area (Å²) >= 11 is 7.47. The van der Waals surface area contributed by atoms with Gasteiger partial charge in [-0.3, -0.25) is 9.59 Å². The monoisotopic (exact) mass is 427 g/mol. The Morgan fingerprint density at radius 3 is 2.59 bits per heavy atom. The summed E-state index contributed by atoms with van der Waals surface area (Å²) < 4.78 is 1.29. The zero-order valence-electron chi connectivity index (χ0n) is 16.7. The van der Waals surface area contributed by atoms with Crippen molar-refractivity contribution in [2.75, 3.05) is 5.32 Å². The molecule has 0 saturated heterocycles. The second kappa shape index (κ2) is 8.84. The topological polar surface area (TPSA) is 64.0 Å². The fourth-order valence-corrected chi connectivity index (χ4v) is 3.69. The second-order valence-electron chi connectivity index (χ2n) is 6.85. The van der Waals surface area contributed by atoms with Crippen LogP contribution < -0.4 is 10.9 Å². The highest BCUT2D eigenvalue weighted by Crippen LogP contribution is 2.24. The number of aromatic nitrogens is 2. The van der Waals surface area contributed by atoms with E-state index >= 15 is 0 Å². The van der Waals surface area contributed by atoms with Gasteiger partial charge in [-0.05, 0) is 68.7 Å². The first-order valence-electron chi connectivity index (χ1n) is 9.17. The molecule has 1 amide bonds. The standard InChI is InChI=1S/C22H22ClN3O2S/c1-13-6-5-7-19(15(13)3)24-22(28)16(4)29-20-10-11-21(27)26(25-20)17-9-8-14(2)18(23)12-17/h5-12,16H,1-4H3,(H,24,28)/t16-/m0/s1. The van der Waals surface area contributed by atoms with Crippen LogP contribution in [0.2, 0.25) is 5.02 Å². The van der Waals surface area contributed by atoms with E-state index in [4.69, 9.17) is 11.6 Å². The van der Waals surface area contributed by atoms with Gasteiger partial charge >= 0.3 is 0 Å². The molecule has 0 bridgehead atoms. The summed E-state index contributed by atoms with van der Waals surface area (Å²) in [6.45, 7) is 7.69. The van der Waals surface area contributed by atoms with E-state index in [1.165, 1.54) is 22.5 Å². The van der Waals surface area contributed by atoms with E-state index in [0.717, 1.165) is 22.4 Å². The van der Waals surface area contributed by atoms with Crippen LogP contribution in [0.15, 0.2) is 58.4 Å². The van der Waals surface area contributed by atoms with Crippen molar-refractivity contribution in [1.82, 2.24) is 9.78 Å². The van der Waals surface area contributed by atoms with Crippen LogP contribution in [-0.2, 0) is 4.79 Å². The molecule has 7 heteroatoms. The van der Waals surface area contributed by atoms with Crippen LogP contribution in [0.1, 0.15) is 23.6 Å². The lowest BCUT2D eigenvalue weighted by molar-refractivity contribution is -0.115. The molecule has 0 aliphatic rings. The van der Waals surface area contributed by atoms with Crippen LogP contribution >= 0.6 is 23.4 Å². The molecule has 0 saturated carbocycles. The van der Waals surface area contributed by atoms with Gasteiger partial charge in [-0.15, -0.1) is 0 Å². The van der Waals surface area contributed by atoms with Crippen LogP contribution in [0.4, 0.5) is 5.69 Å². The summed E-state index contributed by atoms with van der Waals surface area (Å²) in [5.41, 5.74) is 4.21. The minimum absolute atomic E-state index is 0.123. The van der Waals surface area contributed by atoms with E-state index in [1.807, 2.05) is 52.0 Å². The molecule has 5 nitrogen and oxygen atoms in total. The highest BCUT2D eigenvalue weighted by atomic mass is 35.5. The number of halogens is 1. The minimum Gasteiger partial charge on any atom is -0.325 e. The highest BCUT2D eigenvalue weighted by molar-refractivity contribution is 8.00. The van der Waals surface area contributed by atoms with Gasteiger partial charge in [0.2, 0.25) is 5.91 Å². The molecule has 3 aromatic rings. The number of nitrogens with one attached hydrogen (secondary N) is 1. The summed E-state index contributed by atoms with van der Waals surface area (Å²) in [4.78, 5) is 24.9. The molecule has 0 aliphatic heterocycles. The predicted octanol–water partition coefficient (Wildman–Crippen LogP) is 4.93. The number of rotatable bonds is 5. The molecule has 3 rings (SSSR count). The number of nitrogens with zero attached hydrogens (tertiary/aromatic N) is 2. The van der Waals surface area contributed by atoms with Gasteiger partial charge in [0.1, 0.15) is 5.03 Å². The molecule has 0 radical (unpaired) electrons. The van der Waals surface area contributed by atoms with E-state index in [9.17, 15) is 9.59 Å². The molecule has 0 fully saturated rings. The molecule has 1 atom stereocenters. The van der Waals surface area contributed by atoms with Gasteiger partial charge in [0.05, 0.1) is 10.9 Å². The Hall–Kier alpha value is -2.57. The van der Waals surface area contributed by atoms with Crippen molar-refractivity contribution in [3.63, 3.8) is 0 Å². The average molecular weight is 428 g/mol. The maximum atomic E-state index is 12.6. The summed E-state index contributed by atoms with van der Waals surface area (Å²) in [6, 6.07) is 14.2. The van der Waals surface area contributed by atoms with Gasteiger partial charge in [0, 0.05) is 16.8 Å². The number of hydrogen-bond acceptors (Lipinski definition) is 4. The van der Waals surface area contributed by atoms with Gasteiger partial charge in [-0.25, -0.2) is 0 Å². The summed E-state index contributed by atoms with van der Waals surface area (Å²) in [6.07, 6.45) is 0. The number of aryl methyl sites for hydroxylation is 2. The first-order valence-corrected chi connectivity index (χ1v) is 10.4. The predicted molar refractivity (Wildman–Crippen MR) is 119 cm³/mol. The van der Waals surface area contributed by atoms with Crippen molar-refractivity contribution in [2.45, 2.75) is 38.0 Å². The lowest BCUT2D eigenvalue weighted by Crippen LogP contribution is -2.24. The Morgan fingerprint density at radius 2 is 1.86 bits per heavy atom. The normalized spacial score (nSPS) is 11.9. The molecule has 0 unspecified atom stereocenters. The van der Waals surface area contributed by atoms with Gasteiger partial charge in [-0.2, -0.15) is 9.78 Å². The largest absolute Gasteiger partial charge is 0.325 e. The van der Waals surface area contributed by atoms with Gasteiger partial charge in [0.15, 0.2) is 0 Å². The maximum absolute atomic E-state index is 12.6. The fraction of sp³-hybridized carbons (Fsp3) is 0.227. The summed E-state index contributed by atoms with van der Waals surface area (Å²) in [5, 5.41) is 8.12. The summed E-state index contributed by atoms with van der Waals surface area (Å²) in [7, 11) is 0. The van der Waals surface area contributed by atoms with E-state index in [0.29, 0.717) is 15.7 Å². The van der Waals surface area contributed by atoms with Crippen molar-refractivity contribution in [3.8, 4) is 5.69 Å². The van der Waals surface area contributed by atoms with E-state index in [-0.39, 0.29) is 11.5 Å². The maximum Gasteiger partial charge on any atom is 0.271 e. The molecule has 150 valence electrons. The van der Waals surface area contributed by atoms with Gasteiger partial charge < -0.3 is 5.32 Å². The van der Waals surface area contributed by atoms with Crippen LogP contribution in [0.25, 0.3) is 5.69 Å². The first kappa shape index (κ1) is 21.1. The molecular weight excluding hydrogens is 406 g/mol. The Bertz CT molecular complexity index is 1130. The van der Waals surface area contributed by atoms with Crippen LogP contribution in [0, 0.1) is 20.8 Å². The quantitative estimate of drug-likeness (QED) is 0.586. The molecule has 0 aliphatic carbocycles. The molecular formula is C22H22ClN3O2S. The van der Waals surface area contributed by atoms with Gasteiger partial charge in [-0.1, -0.05) is 41.6 Å². The zero-order chi connectivity index (χ0) is 21.1. The lowest BCUT2D eigenvalue weighted by Gasteiger charge is -2.15. The first-order chi connectivity index (χ1) is 13.8.